The van der Waals surface area contributed by atoms with Gasteiger partial charge in [0.15, 0.2) is 11.2 Å². The Labute approximate surface area is 156 Å². The molecular weight excluding hydrogens is 400 g/mol. The maximum atomic E-state index is 13.2. The summed E-state index contributed by atoms with van der Waals surface area (Å²) >= 11 is 3.39. The number of anilines is 1. The number of rotatable bonds is 2. The fourth-order valence-corrected chi connectivity index (χ4v) is 3.39. The molecule has 0 amide bonds. The predicted molar refractivity (Wildman–Crippen MR) is 104 cm³/mol. The first kappa shape index (κ1) is 16.8. The fraction of sp³-hybridized carbons (Fsp3) is 0.294. The smallest absolute Gasteiger partial charge is 0.294 e. The SMILES string of the molecule is CC1=NNc2nc3c(c(=O)n(Cc4ccc(Br)cc4)c(=O)n3C)n2[C@H]1C. The first-order valence-corrected chi connectivity index (χ1v) is 8.94. The van der Waals surface area contributed by atoms with Gasteiger partial charge in [-0.1, -0.05) is 28.1 Å². The highest BCUT2D eigenvalue weighted by atomic mass is 79.9. The Bertz CT molecular complexity index is 1170. The molecule has 3 aromatic rings. The van der Waals surface area contributed by atoms with Gasteiger partial charge in [-0.25, -0.2) is 10.2 Å². The minimum atomic E-state index is -0.397. The van der Waals surface area contributed by atoms with E-state index in [1.807, 2.05) is 38.1 Å². The number of aryl methyl sites for hydroxylation is 1. The predicted octanol–water partition coefficient (Wildman–Crippen LogP) is 2.07. The van der Waals surface area contributed by atoms with Gasteiger partial charge in [-0.3, -0.25) is 18.5 Å². The van der Waals surface area contributed by atoms with E-state index in [1.165, 1.54) is 9.13 Å². The zero-order chi connectivity index (χ0) is 18.6. The molecule has 0 saturated heterocycles. The van der Waals surface area contributed by atoms with Crippen LogP contribution >= 0.6 is 15.9 Å². The van der Waals surface area contributed by atoms with Crippen molar-refractivity contribution >= 4 is 38.8 Å². The van der Waals surface area contributed by atoms with Gasteiger partial charge in [0.2, 0.25) is 5.95 Å². The lowest BCUT2D eigenvalue weighted by Crippen LogP contribution is -2.40. The Morgan fingerprint density at radius 2 is 1.92 bits per heavy atom. The van der Waals surface area contributed by atoms with Crippen molar-refractivity contribution in [3.8, 4) is 0 Å². The molecule has 0 aliphatic carbocycles. The first-order chi connectivity index (χ1) is 12.4. The molecule has 2 aromatic heterocycles. The van der Waals surface area contributed by atoms with Crippen LogP contribution in [0.3, 0.4) is 0 Å². The molecule has 1 aromatic carbocycles. The number of benzene rings is 1. The van der Waals surface area contributed by atoms with Crippen molar-refractivity contribution in [3.63, 3.8) is 0 Å². The van der Waals surface area contributed by atoms with Crippen LogP contribution in [0.5, 0.6) is 0 Å². The zero-order valence-electron chi connectivity index (χ0n) is 14.5. The van der Waals surface area contributed by atoms with E-state index >= 15 is 0 Å². The van der Waals surface area contributed by atoms with E-state index in [0.717, 1.165) is 15.7 Å². The van der Waals surface area contributed by atoms with E-state index in [0.29, 0.717) is 17.1 Å². The second-order valence-corrected chi connectivity index (χ2v) is 7.29. The number of nitrogens with zero attached hydrogens (tertiary/aromatic N) is 5. The number of nitrogens with one attached hydrogen (secondary N) is 1. The van der Waals surface area contributed by atoms with Gasteiger partial charge < -0.3 is 0 Å². The fourth-order valence-electron chi connectivity index (χ4n) is 3.13. The number of hydrogen-bond acceptors (Lipinski definition) is 5. The van der Waals surface area contributed by atoms with Gasteiger partial charge in [-0.2, -0.15) is 10.1 Å². The van der Waals surface area contributed by atoms with Crippen molar-refractivity contribution in [2.24, 2.45) is 12.1 Å². The maximum Gasteiger partial charge on any atom is 0.332 e. The van der Waals surface area contributed by atoms with E-state index < -0.39 is 5.69 Å². The molecular formula is C17H17BrN6O2. The van der Waals surface area contributed by atoms with Crippen LogP contribution in [0.1, 0.15) is 25.5 Å². The Morgan fingerprint density at radius 3 is 2.62 bits per heavy atom. The molecule has 0 saturated carbocycles. The Morgan fingerprint density at radius 1 is 1.23 bits per heavy atom. The monoisotopic (exact) mass is 416 g/mol. The molecule has 1 aliphatic rings. The Kier molecular flexibility index (Phi) is 3.83. The Balaban J connectivity index is 1.97. The van der Waals surface area contributed by atoms with Gasteiger partial charge in [0.1, 0.15) is 0 Å². The van der Waals surface area contributed by atoms with E-state index in [2.05, 4.69) is 31.4 Å². The molecule has 3 heterocycles. The van der Waals surface area contributed by atoms with E-state index in [-0.39, 0.29) is 18.1 Å². The molecule has 9 heteroatoms. The van der Waals surface area contributed by atoms with Crippen LogP contribution in [0.2, 0.25) is 0 Å². The second-order valence-electron chi connectivity index (χ2n) is 6.38. The highest BCUT2D eigenvalue weighted by Gasteiger charge is 2.26. The highest BCUT2D eigenvalue weighted by Crippen LogP contribution is 2.25. The lowest BCUT2D eigenvalue weighted by molar-refractivity contribution is 0.645. The third kappa shape index (κ3) is 2.42. The molecule has 0 spiro atoms. The molecule has 0 fully saturated rings. The van der Waals surface area contributed by atoms with Crippen LogP contribution in [0.4, 0.5) is 5.95 Å². The van der Waals surface area contributed by atoms with Crippen molar-refractivity contribution in [2.45, 2.75) is 26.4 Å². The average Bonchev–Trinajstić information content (AvgIpc) is 3.02. The third-order valence-electron chi connectivity index (χ3n) is 4.75. The normalized spacial score (nSPS) is 16.3. The summed E-state index contributed by atoms with van der Waals surface area (Å²) in [5, 5.41) is 4.21. The largest absolute Gasteiger partial charge is 0.332 e. The molecule has 1 aliphatic heterocycles. The number of hydrazone groups is 1. The summed E-state index contributed by atoms with van der Waals surface area (Å²) in [5.74, 6) is 0.464. The van der Waals surface area contributed by atoms with Gasteiger partial charge in [-0.15, -0.1) is 0 Å². The van der Waals surface area contributed by atoms with Crippen LogP contribution < -0.4 is 16.7 Å². The van der Waals surface area contributed by atoms with Crippen molar-refractivity contribution in [3.05, 3.63) is 55.1 Å². The first-order valence-electron chi connectivity index (χ1n) is 8.15. The van der Waals surface area contributed by atoms with E-state index in [1.54, 1.807) is 11.6 Å². The molecule has 0 unspecified atom stereocenters. The lowest BCUT2D eigenvalue weighted by atomic mass is 10.2. The van der Waals surface area contributed by atoms with Crippen molar-refractivity contribution in [1.29, 1.82) is 0 Å². The molecule has 26 heavy (non-hydrogen) atoms. The maximum absolute atomic E-state index is 13.2. The minimum Gasteiger partial charge on any atom is -0.294 e. The van der Waals surface area contributed by atoms with Crippen LogP contribution in [-0.2, 0) is 13.6 Å². The van der Waals surface area contributed by atoms with Crippen LogP contribution in [0.15, 0.2) is 43.4 Å². The van der Waals surface area contributed by atoms with Crippen LogP contribution in [0.25, 0.3) is 11.2 Å². The lowest BCUT2D eigenvalue weighted by Gasteiger charge is -2.21. The quantitative estimate of drug-likeness (QED) is 0.692. The molecule has 0 radical (unpaired) electrons. The second kappa shape index (κ2) is 5.94. The average molecular weight is 417 g/mol. The summed E-state index contributed by atoms with van der Waals surface area (Å²) in [7, 11) is 1.62. The van der Waals surface area contributed by atoms with Crippen molar-refractivity contribution in [2.75, 3.05) is 5.43 Å². The zero-order valence-corrected chi connectivity index (χ0v) is 16.1. The van der Waals surface area contributed by atoms with Gasteiger partial charge in [0.25, 0.3) is 5.56 Å². The molecule has 8 nitrogen and oxygen atoms in total. The summed E-state index contributed by atoms with van der Waals surface area (Å²) in [6.07, 6.45) is 0. The van der Waals surface area contributed by atoms with Gasteiger partial charge in [0, 0.05) is 11.5 Å². The summed E-state index contributed by atoms with van der Waals surface area (Å²) in [6.45, 7) is 4.03. The van der Waals surface area contributed by atoms with Crippen molar-refractivity contribution < 1.29 is 0 Å². The Hall–Kier alpha value is -2.68. The third-order valence-corrected chi connectivity index (χ3v) is 5.28. The number of imidazole rings is 1. The van der Waals surface area contributed by atoms with Crippen molar-refractivity contribution in [1.82, 2.24) is 18.7 Å². The number of hydrogen-bond donors (Lipinski definition) is 1. The molecule has 1 N–H and O–H groups in total. The molecule has 1 atom stereocenters. The van der Waals surface area contributed by atoms with Gasteiger partial charge >= 0.3 is 5.69 Å². The number of fused-ring (bicyclic) bond motifs is 3. The summed E-state index contributed by atoms with van der Waals surface area (Å²) in [4.78, 5) is 30.3. The summed E-state index contributed by atoms with van der Waals surface area (Å²) < 4.78 is 5.40. The number of halogens is 1. The van der Waals surface area contributed by atoms with E-state index in [4.69, 9.17) is 0 Å². The van der Waals surface area contributed by atoms with Crippen LogP contribution in [-0.4, -0.2) is 24.4 Å². The molecule has 134 valence electrons. The van der Waals surface area contributed by atoms with Gasteiger partial charge in [-0.05, 0) is 31.5 Å². The minimum absolute atomic E-state index is 0.123. The number of aromatic nitrogens is 4. The summed E-state index contributed by atoms with van der Waals surface area (Å²) in [6, 6.07) is 7.41. The summed E-state index contributed by atoms with van der Waals surface area (Å²) in [5.41, 5.74) is 4.56. The molecule has 4 rings (SSSR count). The van der Waals surface area contributed by atoms with Crippen LogP contribution in [0, 0.1) is 0 Å². The highest BCUT2D eigenvalue weighted by molar-refractivity contribution is 9.10. The standard InChI is InChI=1S/C17H17BrN6O2/c1-9-10(2)24-13-14(19-16(24)21-20-9)22(3)17(26)23(15(13)25)8-11-4-6-12(18)7-5-11/h4-7,10H,8H2,1-3H3,(H,19,21)/t10-/m0/s1. The molecule has 0 bridgehead atoms. The van der Waals surface area contributed by atoms with E-state index in [9.17, 15) is 9.59 Å². The topological polar surface area (TPSA) is 86.2 Å². The van der Waals surface area contributed by atoms with Gasteiger partial charge in [0.05, 0.1) is 18.3 Å².